The molecule has 1 aromatic carbocycles. The normalized spacial score (nSPS) is 11.6. The first kappa shape index (κ1) is 14.8. The molecule has 2 aromatic heterocycles. The van der Waals surface area contributed by atoms with Gasteiger partial charge in [0.05, 0.1) is 11.5 Å². The van der Waals surface area contributed by atoms with Crippen molar-refractivity contribution in [1.82, 2.24) is 10.1 Å². The summed E-state index contributed by atoms with van der Waals surface area (Å²) < 4.78 is 10.6. The van der Waals surface area contributed by atoms with E-state index in [1.165, 1.54) is 0 Å². The van der Waals surface area contributed by atoms with Crippen molar-refractivity contribution < 1.29 is 9.26 Å². The lowest BCUT2D eigenvalue weighted by Crippen LogP contribution is -1.90. The van der Waals surface area contributed by atoms with Gasteiger partial charge in [-0.3, -0.25) is 0 Å². The molecule has 0 saturated carbocycles. The van der Waals surface area contributed by atoms with Crippen molar-refractivity contribution in [3.05, 3.63) is 53.2 Å². The minimum absolute atomic E-state index is 0.305. The Kier molecular flexibility index (Phi) is 4.56. The van der Waals surface area contributed by atoms with Gasteiger partial charge in [0.25, 0.3) is 5.89 Å². The van der Waals surface area contributed by atoms with Gasteiger partial charge in [0.2, 0.25) is 5.82 Å². The Balaban J connectivity index is 1.79. The number of nitrogens with zero attached hydrogens (tertiary/aromatic N) is 2. The van der Waals surface area contributed by atoms with E-state index in [9.17, 15) is 0 Å². The zero-order chi connectivity index (χ0) is 15.4. The summed E-state index contributed by atoms with van der Waals surface area (Å²) in [6, 6.07) is 11.5. The Bertz CT molecular complexity index is 764. The first-order valence-electron chi connectivity index (χ1n) is 6.74. The largest absolute Gasteiger partial charge is 0.494 e. The molecule has 0 atom stereocenters. The molecule has 4 nitrogen and oxygen atoms in total. The molecule has 112 valence electrons. The van der Waals surface area contributed by atoms with Crippen LogP contribution in [-0.4, -0.2) is 16.7 Å². The zero-order valence-electron chi connectivity index (χ0n) is 11.8. The second kappa shape index (κ2) is 6.77. The van der Waals surface area contributed by atoms with Crippen LogP contribution in [-0.2, 0) is 0 Å². The van der Waals surface area contributed by atoms with Gasteiger partial charge in [-0.15, -0.1) is 11.3 Å². The predicted octanol–water partition coefficient (Wildman–Crippen LogP) is 4.93. The highest BCUT2D eigenvalue weighted by atomic mass is 35.5. The Hall–Kier alpha value is -2.11. The number of rotatable bonds is 5. The topological polar surface area (TPSA) is 48.2 Å². The molecule has 3 rings (SSSR count). The van der Waals surface area contributed by atoms with Gasteiger partial charge in [-0.2, -0.15) is 4.98 Å². The maximum atomic E-state index is 6.25. The molecule has 0 aliphatic carbocycles. The number of benzene rings is 1. The summed E-state index contributed by atoms with van der Waals surface area (Å²) in [4.78, 5) is 5.25. The van der Waals surface area contributed by atoms with Crippen LogP contribution in [0.1, 0.15) is 18.4 Å². The van der Waals surface area contributed by atoms with Gasteiger partial charge in [-0.25, -0.2) is 0 Å². The molecule has 0 amide bonds. The smallest absolute Gasteiger partial charge is 0.269 e. The number of ether oxygens (including phenoxy) is 1. The first-order valence-corrected chi connectivity index (χ1v) is 8.00. The fourth-order valence-corrected chi connectivity index (χ4v) is 2.71. The first-order chi connectivity index (χ1) is 10.8. The number of aromatic nitrogens is 2. The number of thiophene rings is 1. The molecule has 0 bridgehead atoms. The van der Waals surface area contributed by atoms with Crippen LogP contribution in [0.25, 0.3) is 21.8 Å². The Morgan fingerprint density at radius 2 is 2.14 bits per heavy atom. The van der Waals surface area contributed by atoms with Crippen molar-refractivity contribution in [3.8, 4) is 16.5 Å². The molecule has 0 radical (unpaired) electrons. The fourth-order valence-electron chi connectivity index (χ4n) is 1.86. The van der Waals surface area contributed by atoms with Gasteiger partial charge >= 0.3 is 0 Å². The summed E-state index contributed by atoms with van der Waals surface area (Å²) in [5, 5.41) is 6.30. The molecule has 0 unspecified atom stereocenters. The van der Waals surface area contributed by atoms with E-state index < -0.39 is 0 Å². The number of hydrogen-bond donors (Lipinski definition) is 0. The lowest BCUT2D eigenvalue weighted by Gasteiger charge is -2.02. The summed E-state index contributed by atoms with van der Waals surface area (Å²) in [6.07, 6.45) is 1.78. The average Bonchev–Trinajstić information content (AvgIpc) is 3.20. The van der Waals surface area contributed by atoms with Gasteiger partial charge in [-0.1, -0.05) is 35.0 Å². The highest BCUT2D eigenvalue weighted by molar-refractivity contribution is 7.13. The van der Waals surface area contributed by atoms with Crippen LogP contribution in [0.3, 0.4) is 0 Å². The van der Waals surface area contributed by atoms with Crippen LogP contribution >= 0.6 is 22.9 Å². The molecule has 0 saturated heterocycles. The molecular weight excluding hydrogens is 320 g/mol. The molecule has 0 fully saturated rings. The van der Waals surface area contributed by atoms with Gasteiger partial charge in [0, 0.05) is 0 Å². The average molecular weight is 333 g/mol. The zero-order valence-corrected chi connectivity index (χ0v) is 13.4. The highest BCUT2D eigenvalue weighted by Gasteiger charge is 2.12. The highest BCUT2D eigenvalue weighted by Crippen LogP contribution is 2.26. The van der Waals surface area contributed by atoms with Gasteiger partial charge in [0.15, 0.2) is 0 Å². The van der Waals surface area contributed by atoms with Crippen LogP contribution in [0, 0.1) is 0 Å². The fraction of sp³-hybridized carbons (Fsp3) is 0.125. The molecule has 0 aliphatic rings. The second-order valence-corrected chi connectivity index (χ2v) is 5.75. The van der Waals surface area contributed by atoms with Crippen LogP contribution < -0.4 is 4.74 Å². The van der Waals surface area contributed by atoms with Crippen molar-refractivity contribution in [2.75, 3.05) is 6.61 Å². The molecule has 0 aliphatic heterocycles. The van der Waals surface area contributed by atoms with E-state index in [0.717, 1.165) is 16.2 Å². The summed E-state index contributed by atoms with van der Waals surface area (Å²) in [5.74, 6) is 1.68. The van der Waals surface area contributed by atoms with Crippen molar-refractivity contribution >= 4 is 34.0 Å². The molecular formula is C16H13ClN2O2S. The van der Waals surface area contributed by atoms with E-state index in [0.29, 0.717) is 23.4 Å². The summed E-state index contributed by atoms with van der Waals surface area (Å²) in [5.41, 5.74) is 0.935. The third-order valence-corrected chi connectivity index (χ3v) is 3.99. The molecule has 3 aromatic rings. The van der Waals surface area contributed by atoms with Crippen LogP contribution in [0.15, 0.2) is 46.3 Å². The molecule has 22 heavy (non-hydrogen) atoms. The third-order valence-electron chi connectivity index (χ3n) is 2.86. The minimum atomic E-state index is 0.305. The summed E-state index contributed by atoms with van der Waals surface area (Å²) in [7, 11) is 0. The second-order valence-electron chi connectivity index (χ2n) is 4.39. The standard InChI is InChI=1S/C16H13ClN2O2S/c1-2-20-12-7-5-11(6-8-12)10-13(17)16-18-15(19-21-16)14-4-3-9-22-14/h3-10H,2H2,1H3/b13-10-. The summed E-state index contributed by atoms with van der Waals surface area (Å²) in [6.45, 7) is 2.59. The van der Waals surface area contributed by atoms with Gasteiger partial charge in [-0.05, 0) is 42.1 Å². The SMILES string of the molecule is CCOc1ccc(/C=C(\Cl)c2nc(-c3cccs3)no2)cc1. The van der Waals surface area contributed by atoms with Crippen molar-refractivity contribution in [1.29, 1.82) is 0 Å². The Labute approximate surface area is 137 Å². The summed E-state index contributed by atoms with van der Waals surface area (Å²) >= 11 is 7.80. The van der Waals surface area contributed by atoms with E-state index in [4.69, 9.17) is 20.9 Å². The molecule has 0 spiro atoms. The predicted molar refractivity (Wildman–Crippen MR) is 88.9 cm³/mol. The molecule has 6 heteroatoms. The van der Waals surface area contributed by atoms with E-state index in [1.54, 1.807) is 17.4 Å². The maximum absolute atomic E-state index is 6.25. The van der Waals surface area contributed by atoms with E-state index >= 15 is 0 Å². The van der Waals surface area contributed by atoms with Crippen LogP contribution in [0.5, 0.6) is 5.75 Å². The van der Waals surface area contributed by atoms with Gasteiger partial charge in [0.1, 0.15) is 10.8 Å². The number of hydrogen-bond acceptors (Lipinski definition) is 5. The third kappa shape index (κ3) is 3.37. The van der Waals surface area contributed by atoms with E-state index in [1.807, 2.05) is 48.7 Å². The van der Waals surface area contributed by atoms with Crippen molar-refractivity contribution in [3.63, 3.8) is 0 Å². The van der Waals surface area contributed by atoms with Gasteiger partial charge < -0.3 is 9.26 Å². The van der Waals surface area contributed by atoms with E-state index in [-0.39, 0.29) is 0 Å². The minimum Gasteiger partial charge on any atom is -0.494 e. The van der Waals surface area contributed by atoms with Crippen LogP contribution in [0.2, 0.25) is 0 Å². The van der Waals surface area contributed by atoms with Crippen LogP contribution in [0.4, 0.5) is 0 Å². The number of halogens is 1. The van der Waals surface area contributed by atoms with Crippen molar-refractivity contribution in [2.45, 2.75) is 6.92 Å². The maximum Gasteiger partial charge on any atom is 0.269 e. The lowest BCUT2D eigenvalue weighted by molar-refractivity contribution is 0.340. The lowest BCUT2D eigenvalue weighted by atomic mass is 10.2. The molecule has 2 heterocycles. The van der Waals surface area contributed by atoms with Crippen molar-refractivity contribution in [2.24, 2.45) is 0 Å². The quantitative estimate of drug-likeness (QED) is 0.664. The Morgan fingerprint density at radius 1 is 1.32 bits per heavy atom. The molecule has 0 N–H and O–H groups in total. The van der Waals surface area contributed by atoms with E-state index in [2.05, 4.69) is 10.1 Å². The Morgan fingerprint density at radius 3 is 2.82 bits per heavy atom. The monoisotopic (exact) mass is 332 g/mol.